The maximum atomic E-state index is 12.2. The van der Waals surface area contributed by atoms with Gasteiger partial charge < -0.3 is 14.5 Å². The Hall–Kier alpha value is -1.78. The van der Waals surface area contributed by atoms with Gasteiger partial charge in [0.15, 0.2) is 5.78 Å². The second kappa shape index (κ2) is 6.38. The van der Waals surface area contributed by atoms with E-state index in [0.717, 1.165) is 24.8 Å². The zero-order valence-electron chi connectivity index (χ0n) is 14.9. The van der Waals surface area contributed by atoms with Crippen LogP contribution in [0.5, 0.6) is 0 Å². The molecule has 1 aliphatic heterocycles. The van der Waals surface area contributed by atoms with Crippen molar-refractivity contribution in [2.24, 2.45) is 5.41 Å². The highest BCUT2D eigenvalue weighted by Gasteiger charge is 2.38. The normalized spacial score (nSPS) is 22.6. The van der Waals surface area contributed by atoms with E-state index in [-0.39, 0.29) is 17.3 Å². The van der Waals surface area contributed by atoms with Crippen molar-refractivity contribution >= 4 is 11.9 Å². The van der Waals surface area contributed by atoms with Crippen molar-refractivity contribution in [3.63, 3.8) is 0 Å². The average Bonchev–Trinajstić information content (AvgIpc) is 2.41. The van der Waals surface area contributed by atoms with E-state index in [1.165, 1.54) is 0 Å². The summed E-state index contributed by atoms with van der Waals surface area (Å²) >= 11 is 0. The minimum Gasteiger partial charge on any atom is -0.444 e. The van der Waals surface area contributed by atoms with E-state index in [9.17, 15) is 9.59 Å². The highest BCUT2D eigenvalue weighted by molar-refractivity contribution is 6.05. The molecular formula is C18H28N2O3. The molecule has 1 spiro atoms. The molecule has 0 radical (unpaired) electrons. The van der Waals surface area contributed by atoms with Gasteiger partial charge in [-0.15, -0.1) is 0 Å². The number of ether oxygens (including phenoxy) is 1. The summed E-state index contributed by atoms with van der Waals surface area (Å²) in [4.78, 5) is 27.9. The molecule has 128 valence electrons. The molecule has 0 N–H and O–H groups in total. The van der Waals surface area contributed by atoms with E-state index >= 15 is 0 Å². The van der Waals surface area contributed by atoms with Crippen LogP contribution >= 0.6 is 0 Å². The molecule has 0 bridgehead atoms. The molecule has 0 unspecified atom stereocenters. The Bertz CT molecular complexity index is 533. The van der Waals surface area contributed by atoms with E-state index in [1.54, 1.807) is 11.0 Å². The topological polar surface area (TPSA) is 49.9 Å². The Balaban J connectivity index is 2.02. The Labute approximate surface area is 139 Å². The van der Waals surface area contributed by atoms with E-state index < -0.39 is 5.60 Å². The van der Waals surface area contributed by atoms with Crippen LogP contribution in [0.25, 0.3) is 0 Å². The van der Waals surface area contributed by atoms with Gasteiger partial charge in [-0.2, -0.15) is 0 Å². The molecule has 5 heteroatoms. The Morgan fingerprint density at radius 2 is 1.91 bits per heavy atom. The van der Waals surface area contributed by atoms with Crippen LogP contribution in [0.4, 0.5) is 4.79 Å². The minimum absolute atomic E-state index is 0.00569. The lowest BCUT2D eigenvalue weighted by Crippen LogP contribution is -2.45. The molecule has 0 saturated carbocycles. The zero-order chi connectivity index (χ0) is 17.3. The predicted octanol–water partition coefficient (Wildman–Crippen LogP) is 2.98. The van der Waals surface area contributed by atoms with Crippen molar-refractivity contribution in [3.8, 4) is 0 Å². The number of carbonyl (C=O) groups is 2. The first-order chi connectivity index (χ1) is 10.6. The Morgan fingerprint density at radius 3 is 2.43 bits per heavy atom. The van der Waals surface area contributed by atoms with Crippen molar-refractivity contribution < 1.29 is 14.3 Å². The van der Waals surface area contributed by atoms with Gasteiger partial charge in [-0.1, -0.05) is 6.08 Å². The summed E-state index contributed by atoms with van der Waals surface area (Å²) in [7, 11) is 3.85. The molecule has 2 rings (SSSR count). The van der Waals surface area contributed by atoms with E-state index in [4.69, 9.17) is 4.74 Å². The van der Waals surface area contributed by atoms with Gasteiger partial charge in [-0.25, -0.2) is 4.79 Å². The largest absolute Gasteiger partial charge is 0.444 e. The highest BCUT2D eigenvalue weighted by atomic mass is 16.6. The third-order valence-electron chi connectivity index (χ3n) is 4.27. The van der Waals surface area contributed by atoms with Crippen LogP contribution < -0.4 is 0 Å². The molecule has 0 aromatic carbocycles. The minimum atomic E-state index is -0.467. The number of nitrogens with zero attached hydrogens (tertiary/aromatic N) is 2. The molecule has 1 heterocycles. The van der Waals surface area contributed by atoms with Gasteiger partial charge in [0, 0.05) is 39.0 Å². The van der Waals surface area contributed by atoms with Crippen LogP contribution in [0, 0.1) is 5.41 Å². The van der Waals surface area contributed by atoms with Crippen molar-refractivity contribution in [2.75, 3.05) is 27.2 Å². The monoisotopic (exact) mass is 320 g/mol. The first-order valence-corrected chi connectivity index (χ1v) is 8.19. The molecule has 5 nitrogen and oxygen atoms in total. The first kappa shape index (κ1) is 17.6. The summed E-state index contributed by atoms with van der Waals surface area (Å²) in [5.41, 5.74) is 0.377. The highest BCUT2D eigenvalue weighted by Crippen LogP contribution is 2.42. The Kier molecular flexibility index (Phi) is 4.87. The first-order valence-electron chi connectivity index (χ1n) is 8.19. The number of rotatable bonds is 1. The van der Waals surface area contributed by atoms with Crippen molar-refractivity contribution in [1.82, 2.24) is 9.80 Å². The lowest BCUT2D eigenvalue weighted by atomic mass is 9.70. The zero-order valence-corrected chi connectivity index (χ0v) is 14.9. The van der Waals surface area contributed by atoms with Gasteiger partial charge in [0.25, 0.3) is 0 Å². The average molecular weight is 320 g/mol. The molecule has 0 aromatic heterocycles. The summed E-state index contributed by atoms with van der Waals surface area (Å²) in [6.45, 7) is 6.98. The quantitative estimate of drug-likeness (QED) is 0.697. The molecule has 1 saturated heterocycles. The summed E-state index contributed by atoms with van der Waals surface area (Å²) in [6.07, 6.45) is 7.89. The summed E-state index contributed by atoms with van der Waals surface area (Å²) in [5, 5.41) is 0. The smallest absolute Gasteiger partial charge is 0.410 e. The number of piperidine rings is 1. The van der Waals surface area contributed by atoms with Crippen molar-refractivity contribution in [3.05, 3.63) is 23.9 Å². The number of carbonyl (C=O) groups excluding carboxylic acids is 2. The maximum Gasteiger partial charge on any atom is 0.410 e. The van der Waals surface area contributed by atoms with Crippen LogP contribution in [-0.2, 0) is 9.53 Å². The fraction of sp³-hybridized carbons (Fsp3) is 0.667. The van der Waals surface area contributed by atoms with Crippen LogP contribution in [0.3, 0.4) is 0 Å². The summed E-state index contributed by atoms with van der Waals surface area (Å²) in [5.74, 6) is 0.0962. The SMILES string of the molecule is CN(C)/C=C1/CC2(C=CC1=O)CCN(C(=O)OC(C)(C)C)CC2. The molecule has 2 aliphatic rings. The number of ketones is 1. The van der Waals surface area contributed by atoms with Crippen molar-refractivity contribution in [1.29, 1.82) is 0 Å². The van der Waals surface area contributed by atoms with Crippen LogP contribution in [0.2, 0.25) is 0 Å². The molecule has 1 amide bonds. The second-order valence-corrected chi connectivity index (χ2v) is 7.82. The number of amides is 1. The molecule has 0 atom stereocenters. The van der Waals surface area contributed by atoms with Crippen molar-refractivity contribution in [2.45, 2.75) is 45.6 Å². The number of hydrogen-bond donors (Lipinski definition) is 0. The van der Waals surface area contributed by atoms with E-state index in [2.05, 4.69) is 6.08 Å². The Morgan fingerprint density at radius 1 is 1.30 bits per heavy atom. The van der Waals surface area contributed by atoms with Crippen LogP contribution in [0.1, 0.15) is 40.0 Å². The number of allylic oxidation sites excluding steroid dienone is 3. The molecule has 1 fully saturated rings. The van der Waals surface area contributed by atoms with Crippen LogP contribution in [-0.4, -0.2) is 54.5 Å². The van der Waals surface area contributed by atoms with Gasteiger partial charge in [0.1, 0.15) is 5.60 Å². The van der Waals surface area contributed by atoms with Gasteiger partial charge >= 0.3 is 6.09 Å². The lowest BCUT2D eigenvalue weighted by Gasteiger charge is -2.42. The van der Waals surface area contributed by atoms with Gasteiger partial charge in [0.05, 0.1) is 0 Å². The van der Waals surface area contributed by atoms with E-state index in [0.29, 0.717) is 13.1 Å². The fourth-order valence-corrected chi connectivity index (χ4v) is 3.11. The second-order valence-electron chi connectivity index (χ2n) is 7.82. The molecule has 23 heavy (non-hydrogen) atoms. The predicted molar refractivity (Wildman–Crippen MR) is 90.0 cm³/mol. The third-order valence-corrected chi connectivity index (χ3v) is 4.27. The molecule has 0 aromatic rings. The van der Waals surface area contributed by atoms with Gasteiger partial charge in [0.2, 0.25) is 0 Å². The standard InChI is InChI=1S/C18H28N2O3/c1-17(2,3)23-16(22)20-10-8-18(9-11-20)7-6-15(21)14(12-18)13-19(4)5/h6-7,13H,8-12H2,1-5H3/b14-13-. The van der Waals surface area contributed by atoms with E-state index in [1.807, 2.05) is 46.0 Å². The summed E-state index contributed by atoms with van der Waals surface area (Å²) < 4.78 is 5.44. The number of likely N-dealkylation sites (tertiary alicyclic amines) is 1. The molecule has 1 aliphatic carbocycles. The van der Waals surface area contributed by atoms with Gasteiger partial charge in [-0.3, -0.25) is 4.79 Å². The van der Waals surface area contributed by atoms with Gasteiger partial charge in [-0.05, 0) is 51.5 Å². The lowest BCUT2D eigenvalue weighted by molar-refractivity contribution is -0.112. The van der Waals surface area contributed by atoms with Crippen LogP contribution in [0.15, 0.2) is 23.9 Å². The fourth-order valence-electron chi connectivity index (χ4n) is 3.11. The third kappa shape index (κ3) is 4.60. The number of hydrogen-bond acceptors (Lipinski definition) is 4. The summed E-state index contributed by atoms with van der Waals surface area (Å²) in [6, 6.07) is 0. The maximum absolute atomic E-state index is 12.2. The molecular weight excluding hydrogens is 292 g/mol.